The zero-order chi connectivity index (χ0) is 15.3. The minimum atomic E-state index is -1.67. The lowest BCUT2D eigenvalue weighted by molar-refractivity contribution is 0.0889. The quantitative estimate of drug-likeness (QED) is 0.669. The Labute approximate surface area is 122 Å². The number of para-hydroxylation sites is 1. The number of hydrogen-bond acceptors (Lipinski definition) is 6. The molecular formula is C15H10N6. The van der Waals surface area contributed by atoms with Crippen molar-refractivity contribution in [1.82, 2.24) is 0 Å². The molecule has 6 nitrogen and oxygen atoms in total. The van der Waals surface area contributed by atoms with E-state index in [1.165, 1.54) is 6.21 Å². The average molecular weight is 274 g/mol. The lowest BCUT2D eigenvalue weighted by Gasteiger charge is -2.46. The maximum absolute atomic E-state index is 9.26. The Bertz CT molecular complexity index is 695. The van der Waals surface area contributed by atoms with Crippen molar-refractivity contribution in [3.05, 3.63) is 30.3 Å². The van der Waals surface area contributed by atoms with E-state index in [1.807, 2.05) is 54.6 Å². The van der Waals surface area contributed by atoms with Crippen molar-refractivity contribution in [2.45, 2.75) is 6.42 Å². The minimum absolute atomic E-state index is 0.126. The van der Waals surface area contributed by atoms with E-state index in [0.717, 1.165) is 5.69 Å². The van der Waals surface area contributed by atoms with Gasteiger partial charge >= 0.3 is 0 Å². The smallest absolute Gasteiger partial charge is 0.183 e. The van der Waals surface area contributed by atoms with Crippen LogP contribution in [0.2, 0.25) is 0 Å². The molecule has 1 fully saturated rings. The summed E-state index contributed by atoms with van der Waals surface area (Å²) in [5.41, 5.74) is 0.290. The number of nitrogens with one attached hydrogen (secondary N) is 1. The molecule has 1 aromatic carbocycles. The molecule has 0 radical (unpaired) electrons. The van der Waals surface area contributed by atoms with E-state index in [0.29, 0.717) is 0 Å². The first-order valence-electron chi connectivity index (χ1n) is 6.17. The maximum Gasteiger partial charge on any atom is 0.183 e. The fourth-order valence-electron chi connectivity index (χ4n) is 2.38. The van der Waals surface area contributed by atoms with Gasteiger partial charge in [0.2, 0.25) is 0 Å². The van der Waals surface area contributed by atoms with Gasteiger partial charge in [-0.3, -0.25) is 5.43 Å². The largest absolute Gasteiger partial charge is 0.279 e. The third-order valence-corrected chi connectivity index (χ3v) is 3.71. The van der Waals surface area contributed by atoms with Crippen molar-refractivity contribution < 1.29 is 0 Å². The van der Waals surface area contributed by atoms with Gasteiger partial charge in [0.1, 0.15) is 0 Å². The van der Waals surface area contributed by atoms with E-state index < -0.39 is 16.7 Å². The first kappa shape index (κ1) is 14.1. The molecule has 2 rings (SSSR count). The van der Waals surface area contributed by atoms with Crippen molar-refractivity contribution in [2.75, 3.05) is 5.43 Å². The Kier molecular flexibility index (Phi) is 3.57. The van der Waals surface area contributed by atoms with Gasteiger partial charge in [0, 0.05) is 12.1 Å². The number of hydrazone groups is 1. The van der Waals surface area contributed by atoms with Crippen LogP contribution in [0.15, 0.2) is 35.4 Å². The topological polar surface area (TPSA) is 120 Å². The molecule has 0 heterocycles. The van der Waals surface area contributed by atoms with Crippen LogP contribution in [0.5, 0.6) is 0 Å². The van der Waals surface area contributed by atoms with Crippen LogP contribution >= 0.6 is 0 Å². The lowest BCUT2D eigenvalue weighted by Crippen LogP contribution is -2.56. The van der Waals surface area contributed by atoms with E-state index in [1.54, 1.807) is 0 Å². The Hall–Kier alpha value is -3.35. The molecule has 0 aromatic heterocycles. The van der Waals surface area contributed by atoms with Gasteiger partial charge in [-0.2, -0.15) is 26.1 Å². The molecule has 0 bridgehead atoms. The minimum Gasteiger partial charge on any atom is -0.279 e. The summed E-state index contributed by atoms with van der Waals surface area (Å²) < 4.78 is 0. The summed E-state index contributed by atoms with van der Waals surface area (Å²) in [6, 6.07) is 16.5. The van der Waals surface area contributed by atoms with Crippen molar-refractivity contribution in [3.63, 3.8) is 0 Å². The Balaban J connectivity index is 2.17. The molecule has 0 amide bonds. The normalized spacial score (nSPS) is 21.0. The van der Waals surface area contributed by atoms with Crippen molar-refractivity contribution >= 4 is 11.9 Å². The second-order valence-electron chi connectivity index (χ2n) is 4.73. The molecule has 0 saturated heterocycles. The summed E-state index contributed by atoms with van der Waals surface area (Å²) in [5, 5.41) is 40.8. The molecule has 1 aliphatic rings. The number of nitriles is 4. The zero-order valence-corrected chi connectivity index (χ0v) is 11.0. The molecule has 0 spiro atoms. The predicted molar refractivity (Wildman–Crippen MR) is 74.0 cm³/mol. The maximum atomic E-state index is 9.26. The highest BCUT2D eigenvalue weighted by molar-refractivity contribution is 5.70. The summed E-state index contributed by atoms with van der Waals surface area (Å²) in [4.78, 5) is 0. The van der Waals surface area contributed by atoms with Crippen LogP contribution in [-0.4, -0.2) is 6.21 Å². The van der Waals surface area contributed by atoms with Gasteiger partial charge < -0.3 is 0 Å². The second-order valence-corrected chi connectivity index (χ2v) is 4.73. The zero-order valence-electron chi connectivity index (χ0n) is 11.0. The Morgan fingerprint density at radius 1 is 1.05 bits per heavy atom. The number of hydrogen-bond donors (Lipinski definition) is 1. The monoisotopic (exact) mass is 274 g/mol. The summed E-state index contributed by atoms with van der Waals surface area (Å²) in [7, 11) is 0. The van der Waals surface area contributed by atoms with E-state index >= 15 is 0 Å². The van der Waals surface area contributed by atoms with Gasteiger partial charge in [-0.1, -0.05) is 18.2 Å². The van der Waals surface area contributed by atoms with Gasteiger partial charge in [-0.15, -0.1) is 0 Å². The lowest BCUT2D eigenvalue weighted by atomic mass is 9.46. The number of anilines is 1. The number of nitrogens with zero attached hydrogens (tertiary/aromatic N) is 5. The van der Waals surface area contributed by atoms with E-state index in [2.05, 4.69) is 10.5 Å². The van der Waals surface area contributed by atoms with Crippen molar-refractivity contribution in [1.29, 1.82) is 21.0 Å². The first-order chi connectivity index (χ1) is 10.2. The van der Waals surface area contributed by atoms with E-state index in [-0.39, 0.29) is 6.42 Å². The Morgan fingerprint density at radius 2 is 1.67 bits per heavy atom. The highest BCUT2D eigenvalue weighted by Crippen LogP contribution is 2.59. The summed E-state index contributed by atoms with van der Waals surface area (Å²) in [6.07, 6.45) is 1.55. The average Bonchev–Trinajstić information content (AvgIpc) is 2.53. The van der Waals surface area contributed by atoms with Gasteiger partial charge in [-0.05, 0) is 18.6 Å². The first-order valence-corrected chi connectivity index (χ1v) is 6.17. The molecule has 1 N–H and O–H groups in total. The summed E-state index contributed by atoms with van der Waals surface area (Å²) in [5.74, 6) is -0.553. The van der Waals surface area contributed by atoms with Gasteiger partial charge in [-0.25, -0.2) is 0 Å². The third-order valence-electron chi connectivity index (χ3n) is 3.71. The molecule has 0 aliphatic heterocycles. The van der Waals surface area contributed by atoms with E-state index in [4.69, 9.17) is 10.5 Å². The van der Waals surface area contributed by atoms with Gasteiger partial charge in [0.15, 0.2) is 10.8 Å². The summed E-state index contributed by atoms with van der Waals surface area (Å²) >= 11 is 0. The van der Waals surface area contributed by atoms with E-state index in [9.17, 15) is 10.5 Å². The van der Waals surface area contributed by atoms with Crippen LogP contribution in [0.4, 0.5) is 5.69 Å². The molecule has 1 saturated carbocycles. The number of rotatable bonds is 3. The van der Waals surface area contributed by atoms with Gasteiger partial charge in [0.25, 0.3) is 0 Å². The van der Waals surface area contributed by atoms with Crippen LogP contribution in [0.1, 0.15) is 6.42 Å². The molecule has 1 atom stereocenters. The Morgan fingerprint density at radius 3 is 2.19 bits per heavy atom. The molecule has 21 heavy (non-hydrogen) atoms. The molecule has 1 aliphatic carbocycles. The van der Waals surface area contributed by atoms with Crippen molar-refractivity contribution in [2.24, 2.45) is 21.8 Å². The highest BCUT2D eigenvalue weighted by atomic mass is 15.3. The predicted octanol–water partition coefficient (Wildman–Crippen LogP) is 2.17. The molecular weight excluding hydrogens is 264 g/mol. The molecule has 1 aromatic rings. The summed E-state index contributed by atoms with van der Waals surface area (Å²) in [6.45, 7) is 0. The highest BCUT2D eigenvalue weighted by Gasteiger charge is 2.68. The van der Waals surface area contributed by atoms with Crippen LogP contribution in [-0.2, 0) is 0 Å². The fourth-order valence-corrected chi connectivity index (χ4v) is 2.38. The van der Waals surface area contributed by atoms with Crippen LogP contribution < -0.4 is 5.43 Å². The fraction of sp³-hybridized carbons (Fsp3) is 0.267. The van der Waals surface area contributed by atoms with Crippen LogP contribution in [0.25, 0.3) is 0 Å². The standard InChI is InChI=1S/C15H10N6/c16-8-14(9-17)6-12(15(14,10-18)11-19)7-20-21-13-4-2-1-3-5-13/h1-5,7,12,21H,6H2. The SMILES string of the molecule is N#CC1(C#N)CC(C=NNc2ccccc2)C1(C#N)C#N. The molecule has 100 valence electrons. The second kappa shape index (κ2) is 5.33. The number of benzene rings is 1. The molecule has 1 unspecified atom stereocenters. The van der Waals surface area contributed by atoms with Crippen molar-refractivity contribution in [3.8, 4) is 24.3 Å². The third kappa shape index (κ3) is 1.96. The van der Waals surface area contributed by atoms with Crippen LogP contribution in [0.3, 0.4) is 0 Å². The molecule has 6 heteroatoms. The van der Waals surface area contributed by atoms with Crippen LogP contribution in [0, 0.1) is 62.1 Å². The van der Waals surface area contributed by atoms with Gasteiger partial charge in [0.05, 0.1) is 30.0 Å².